The number of Topliss-reactive ketones (excluding diaryl/α,β-unsaturated/α-hetero) is 3. The van der Waals surface area contributed by atoms with Crippen molar-refractivity contribution in [2.24, 2.45) is 11.8 Å². The summed E-state index contributed by atoms with van der Waals surface area (Å²) < 4.78 is 43.4. The molecule has 3 aromatic carbocycles. The van der Waals surface area contributed by atoms with Crippen molar-refractivity contribution < 1.29 is 42.2 Å². The maximum Gasteiger partial charge on any atom is 0.411 e. The minimum Gasteiger partial charge on any atom is -0.490 e. The van der Waals surface area contributed by atoms with Gasteiger partial charge in [0, 0.05) is 42.0 Å². The average molecular weight is 668 g/mol. The van der Waals surface area contributed by atoms with Crippen LogP contribution in [0.1, 0.15) is 96.1 Å². The van der Waals surface area contributed by atoms with Gasteiger partial charge in [-0.05, 0) is 75.6 Å². The lowest BCUT2D eigenvalue weighted by atomic mass is 9.92. The molecule has 0 aliphatic carbocycles. The standard InChI is InChI=1S/C29H31F2NO5.C9H16O2/c1-6-19-7-8-20(28(36-18(4)5)26(19)27(33)17(2)3)16-35-29(34)32-21-9-11-22(12-10-21)37-23-13-14-24(30)25(31)15-23;1-4-9(11)6-5-7(2)8(3)10/h7-15,17-18H,6,16H2,1-5H3,(H,32,34);7H,4-6H2,1-3H3. The lowest BCUT2D eigenvalue weighted by Crippen LogP contribution is -2.18. The summed E-state index contributed by atoms with van der Waals surface area (Å²) in [4.78, 5) is 47.0. The second-order valence-corrected chi connectivity index (χ2v) is 12.0. The number of hydrogen-bond acceptors (Lipinski definition) is 7. The van der Waals surface area contributed by atoms with Gasteiger partial charge in [0.1, 0.15) is 35.4 Å². The number of benzene rings is 3. The van der Waals surface area contributed by atoms with E-state index in [1.165, 1.54) is 6.07 Å². The molecule has 3 aromatic rings. The lowest BCUT2D eigenvalue weighted by molar-refractivity contribution is -0.121. The van der Waals surface area contributed by atoms with E-state index in [0.29, 0.717) is 54.0 Å². The highest BCUT2D eigenvalue weighted by molar-refractivity contribution is 6.01. The molecule has 1 amide bonds. The lowest BCUT2D eigenvalue weighted by Gasteiger charge is -2.21. The predicted octanol–water partition coefficient (Wildman–Crippen LogP) is 9.66. The van der Waals surface area contributed by atoms with Gasteiger partial charge in [0.2, 0.25) is 0 Å². The van der Waals surface area contributed by atoms with Gasteiger partial charge in [-0.3, -0.25) is 19.7 Å². The van der Waals surface area contributed by atoms with E-state index in [1.54, 1.807) is 31.2 Å². The molecule has 0 aliphatic heterocycles. The smallest absolute Gasteiger partial charge is 0.411 e. The van der Waals surface area contributed by atoms with E-state index >= 15 is 0 Å². The fraction of sp³-hybridized carbons (Fsp3) is 0.421. The van der Waals surface area contributed by atoms with E-state index < -0.39 is 17.7 Å². The van der Waals surface area contributed by atoms with Crippen molar-refractivity contribution in [3.05, 3.63) is 82.9 Å². The van der Waals surface area contributed by atoms with Gasteiger partial charge in [0.25, 0.3) is 0 Å². The van der Waals surface area contributed by atoms with E-state index in [0.717, 1.165) is 17.7 Å². The molecule has 0 aromatic heterocycles. The van der Waals surface area contributed by atoms with Gasteiger partial charge < -0.3 is 14.2 Å². The Balaban J connectivity index is 0.000000623. The topological polar surface area (TPSA) is 108 Å². The van der Waals surface area contributed by atoms with Gasteiger partial charge in [0.05, 0.1) is 11.7 Å². The summed E-state index contributed by atoms with van der Waals surface area (Å²) >= 11 is 0. The highest BCUT2D eigenvalue weighted by Gasteiger charge is 2.24. The van der Waals surface area contributed by atoms with Crippen LogP contribution in [0.25, 0.3) is 0 Å². The molecule has 8 nitrogen and oxygen atoms in total. The van der Waals surface area contributed by atoms with Crippen LogP contribution in [0.15, 0.2) is 54.6 Å². The summed E-state index contributed by atoms with van der Waals surface area (Å²) in [5.41, 5.74) is 2.45. The first-order valence-corrected chi connectivity index (χ1v) is 16.2. The summed E-state index contributed by atoms with van der Waals surface area (Å²) in [5.74, 6) is -0.778. The summed E-state index contributed by atoms with van der Waals surface area (Å²) in [5, 5.41) is 2.62. The highest BCUT2D eigenvalue weighted by atomic mass is 19.2. The van der Waals surface area contributed by atoms with Crippen LogP contribution < -0.4 is 14.8 Å². The molecule has 1 unspecified atom stereocenters. The van der Waals surface area contributed by atoms with Crippen LogP contribution in [-0.4, -0.2) is 29.5 Å². The SMILES string of the molecule is CCC(=O)CCC(C)C(C)=O.CCc1ccc(COC(=O)Nc2ccc(Oc3ccc(F)c(F)c3)cc2)c(OC(C)C)c1C(=O)C(C)C. The Kier molecular flexibility index (Phi) is 15.9. The molecule has 10 heteroatoms. The maximum absolute atomic E-state index is 13.4. The molecule has 260 valence electrons. The zero-order valence-corrected chi connectivity index (χ0v) is 29.1. The molecule has 1 N–H and O–H groups in total. The first-order chi connectivity index (χ1) is 22.7. The molecular formula is C38H47F2NO7. The molecule has 3 rings (SSSR count). The van der Waals surface area contributed by atoms with Gasteiger partial charge >= 0.3 is 6.09 Å². The van der Waals surface area contributed by atoms with E-state index in [9.17, 15) is 28.0 Å². The third-order valence-electron chi connectivity index (χ3n) is 7.36. The van der Waals surface area contributed by atoms with Crippen LogP contribution in [0.3, 0.4) is 0 Å². The van der Waals surface area contributed by atoms with Crippen LogP contribution in [0, 0.1) is 23.5 Å². The molecular weight excluding hydrogens is 620 g/mol. The fourth-order valence-corrected chi connectivity index (χ4v) is 4.34. The van der Waals surface area contributed by atoms with Crippen molar-refractivity contribution in [1.82, 2.24) is 0 Å². The summed E-state index contributed by atoms with van der Waals surface area (Å²) in [6.45, 7) is 14.6. The molecule has 0 aliphatic rings. The number of halogens is 2. The Hall–Kier alpha value is -4.60. The van der Waals surface area contributed by atoms with Gasteiger partial charge in [-0.2, -0.15) is 0 Å². The minimum absolute atomic E-state index is 0.0236. The van der Waals surface area contributed by atoms with Crippen LogP contribution >= 0.6 is 0 Å². The molecule has 1 atom stereocenters. The van der Waals surface area contributed by atoms with Crippen molar-refractivity contribution in [1.29, 1.82) is 0 Å². The second kappa shape index (κ2) is 19.3. The Labute approximate surface area is 282 Å². The summed E-state index contributed by atoms with van der Waals surface area (Å²) in [6, 6.07) is 13.2. The van der Waals surface area contributed by atoms with Gasteiger partial charge in [0.15, 0.2) is 17.4 Å². The number of carbonyl (C=O) groups is 4. The molecule has 0 fully saturated rings. The number of ketones is 3. The Morgan fingerprint density at radius 2 is 1.44 bits per heavy atom. The van der Waals surface area contributed by atoms with Gasteiger partial charge in [-0.25, -0.2) is 13.6 Å². The maximum atomic E-state index is 13.4. The first-order valence-electron chi connectivity index (χ1n) is 16.2. The summed E-state index contributed by atoms with van der Waals surface area (Å²) in [6.07, 6.45) is 1.65. The monoisotopic (exact) mass is 667 g/mol. The highest BCUT2D eigenvalue weighted by Crippen LogP contribution is 2.32. The molecule has 0 heterocycles. The van der Waals surface area contributed by atoms with Crippen molar-refractivity contribution in [2.75, 3.05) is 5.32 Å². The van der Waals surface area contributed by atoms with Crippen molar-refractivity contribution in [3.63, 3.8) is 0 Å². The number of ether oxygens (including phenoxy) is 3. The Morgan fingerprint density at radius 3 is 1.98 bits per heavy atom. The molecule has 48 heavy (non-hydrogen) atoms. The zero-order chi connectivity index (χ0) is 36.0. The second-order valence-electron chi connectivity index (χ2n) is 12.0. The van der Waals surface area contributed by atoms with Crippen LogP contribution in [-0.2, 0) is 27.4 Å². The number of nitrogens with one attached hydrogen (secondary N) is 1. The van der Waals surface area contributed by atoms with E-state index in [-0.39, 0.29) is 47.6 Å². The molecule has 0 saturated carbocycles. The first kappa shape index (κ1) is 39.6. The number of rotatable bonds is 15. The van der Waals surface area contributed by atoms with Crippen molar-refractivity contribution in [2.45, 2.75) is 93.8 Å². The summed E-state index contributed by atoms with van der Waals surface area (Å²) in [7, 11) is 0. The number of carbonyl (C=O) groups excluding carboxylic acids is 4. The quantitative estimate of drug-likeness (QED) is 0.161. The molecule has 0 saturated heterocycles. The van der Waals surface area contributed by atoms with Crippen LogP contribution in [0.4, 0.5) is 19.3 Å². The number of anilines is 1. The fourth-order valence-electron chi connectivity index (χ4n) is 4.34. The largest absolute Gasteiger partial charge is 0.490 e. The Morgan fingerprint density at radius 1 is 0.812 bits per heavy atom. The van der Waals surface area contributed by atoms with Crippen LogP contribution in [0.5, 0.6) is 17.2 Å². The number of amides is 1. The predicted molar refractivity (Wildman–Crippen MR) is 182 cm³/mol. The zero-order valence-electron chi connectivity index (χ0n) is 29.1. The van der Waals surface area contributed by atoms with Gasteiger partial charge in [-0.1, -0.05) is 46.8 Å². The number of hydrogen-bond donors (Lipinski definition) is 1. The minimum atomic E-state index is -1.01. The van der Waals surface area contributed by atoms with Crippen molar-refractivity contribution >= 4 is 29.1 Å². The van der Waals surface area contributed by atoms with E-state index in [2.05, 4.69) is 5.32 Å². The number of aryl methyl sites for hydroxylation is 1. The third kappa shape index (κ3) is 12.5. The van der Waals surface area contributed by atoms with Crippen molar-refractivity contribution in [3.8, 4) is 17.2 Å². The molecule has 0 radical (unpaired) electrons. The van der Waals surface area contributed by atoms with E-state index in [1.807, 2.05) is 60.6 Å². The average Bonchev–Trinajstić information content (AvgIpc) is 3.04. The molecule has 0 spiro atoms. The normalized spacial score (nSPS) is 11.3. The third-order valence-corrected chi connectivity index (χ3v) is 7.36. The van der Waals surface area contributed by atoms with Gasteiger partial charge in [-0.15, -0.1) is 0 Å². The molecule has 0 bridgehead atoms. The van der Waals surface area contributed by atoms with E-state index in [4.69, 9.17) is 14.2 Å². The van der Waals surface area contributed by atoms with Crippen LogP contribution in [0.2, 0.25) is 0 Å². The Bertz CT molecular complexity index is 1550.